The molecule has 1 atom stereocenters. The summed E-state index contributed by atoms with van der Waals surface area (Å²) in [5.41, 5.74) is 7.68. The third-order valence-electron chi connectivity index (χ3n) is 1.86. The van der Waals surface area contributed by atoms with E-state index >= 15 is 0 Å². The van der Waals surface area contributed by atoms with Crippen LogP contribution in [0.2, 0.25) is 0 Å². The fourth-order valence-electron chi connectivity index (χ4n) is 1.10. The zero-order chi connectivity index (χ0) is 8.97. The first-order valence-corrected chi connectivity index (χ1v) is 4.19. The van der Waals surface area contributed by atoms with Gasteiger partial charge >= 0.3 is 0 Å². The predicted octanol–water partition coefficient (Wildman–Crippen LogP) is 2.54. The molecule has 0 spiro atoms. The van der Waals surface area contributed by atoms with Crippen LogP contribution in [0, 0.1) is 5.92 Å². The largest absolute Gasteiger partial charge is 0.402 e. The molecule has 64 valence electrons. The van der Waals surface area contributed by atoms with E-state index in [9.17, 15) is 0 Å². The number of hydrogen-bond acceptors (Lipinski definition) is 1. The van der Waals surface area contributed by atoms with Crippen LogP contribution in [0.4, 0.5) is 0 Å². The van der Waals surface area contributed by atoms with E-state index < -0.39 is 0 Å². The van der Waals surface area contributed by atoms with Gasteiger partial charge in [0.2, 0.25) is 0 Å². The Balaban J connectivity index is 2.75. The molecule has 0 heterocycles. The van der Waals surface area contributed by atoms with Crippen LogP contribution in [0.1, 0.15) is 13.8 Å². The van der Waals surface area contributed by atoms with Gasteiger partial charge in [-0.3, -0.25) is 0 Å². The molecule has 1 aliphatic rings. The highest BCUT2D eigenvalue weighted by Crippen LogP contribution is 2.17. The maximum Gasteiger partial charge on any atom is 0.00489 e. The van der Waals surface area contributed by atoms with E-state index in [1.165, 1.54) is 5.57 Å². The minimum Gasteiger partial charge on any atom is -0.402 e. The Morgan fingerprint density at radius 1 is 1.50 bits per heavy atom. The predicted molar refractivity (Wildman–Crippen MR) is 53.5 cm³/mol. The third-order valence-corrected chi connectivity index (χ3v) is 1.86. The van der Waals surface area contributed by atoms with Crippen molar-refractivity contribution in [2.75, 3.05) is 0 Å². The van der Waals surface area contributed by atoms with Crippen LogP contribution in [-0.4, -0.2) is 0 Å². The summed E-state index contributed by atoms with van der Waals surface area (Å²) >= 11 is 0. The van der Waals surface area contributed by atoms with Crippen LogP contribution < -0.4 is 5.73 Å². The Kier molecular flexibility index (Phi) is 2.92. The summed E-state index contributed by atoms with van der Waals surface area (Å²) < 4.78 is 0. The molecule has 0 aromatic heterocycles. The molecule has 1 rings (SSSR count). The average Bonchev–Trinajstić information content (AvgIpc) is 2.03. The molecule has 1 heteroatoms. The van der Waals surface area contributed by atoms with Crippen molar-refractivity contribution in [3.8, 4) is 0 Å². The van der Waals surface area contributed by atoms with Crippen LogP contribution in [0.15, 0.2) is 47.7 Å². The first-order valence-electron chi connectivity index (χ1n) is 4.19. The Morgan fingerprint density at radius 2 is 2.25 bits per heavy atom. The third kappa shape index (κ3) is 2.42. The highest BCUT2D eigenvalue weighted by atomic mass is 14.5. The minimum absolute atomic E-state index is 0.505. The molecule has 0 saturated carbocycles. The first kappa shape index (κ1) is 8.85. The lowest BCUT2D eigenvalue weighted by molar-refractivity contribution is 0.883. The van der Waals surface area contributed by atoms with Crippen LogP contribution in [-0.2, 0) is 0 Å². The van der Waals surface area contributed by atoms with Crippen LogP contribution >= 0.6 is 0 Å². The van der Waals surface area contributed by atoms with E-state index in [-0.39, 0.29) is 0 Å². The second-order valence-electron chi connectivity index (χ2n) is 3.11. The van der Waals surface area contributed by atoms with Gasteiger partial charge in [0.25, 0.3) is 0 Å². The molecule has 1 nitrogen and oxygen atoms in total. The van der Waals surface area contributed by atoms with E-state index in [1.54, 1.807) is 0 Å². The highest BCUT2D eigenvalue weighted by Gasteiger charge is 2.02. The fourth-order valence-corrected chi connectivity index (χ4v) is 1.10. The molecular formula is C11H15N. The molecule has 2 N–H and O–H groups in total. The molecule has 0 radical (unpaired) electrons. The van der Waals surface area contributed by atoms with Gasteiger partial charge in [-0.05, 0) is 24.5 Å². The minimum atomic E-state index is 0.505. The normalized spacial score (nSPS) is 26.7. The number of allylic oxidation sites excluding steroid dienone is 8. The maximum absolute atomic E-state index is 5.53. The van der Waals surface area contributed by atoms with Crippen LogP contribution in [0.5, 0.6) is 0 Å². The molecule has 0 saturated heterocycles. The zero-order valence-electron chi connectivity index (χ0n) is 7.62. The second kappa shape index (κ2) is 3.96. The lowest BCUT2D eigenvalue weighted by Crippen LogP contribution is -1.96. The lowest BCUT2D eigenvalue weighted by atomic mass is 9.96. The van der Waals surface area contributed by atoms with Gasteiger partial charge in [0.05, 0.1) is 0 Å². The van der Waals surface area contributed by atoms with E-state index in [1.807, 2.05) is 19.1 Å². The van der Waals surface area contributed by atoms with Crippen molar-refractivity contribution in [3.05, 3.63) is 47.7 Å². The topological polar surface area (TPSA) is 26.0 Å². The number of hydrogen-bond donors (Lipinski definition) is 1. The van der Waals surface area contributed by atoms with E-state index in [0.29, 0.717) is 5.92 Å². The molecule has 1 aliphatic carbocycles. The van der Waals surface area contributed by atoms with Gasteiger partial charge < -0.3 is 5.73 Å². The van der Waals surface area contributed by atoms with Gasteiger partial charge in [-0.25, -0.2) is 0 Å². The number of nitrogens with two attached hydrogens (primary N) is 1. The summed E-state index contributed by atoms with van der Waals surface area (Å²) in [4.78, 5) is 0. The lowest BCUT2D eigenvalue weighted by Gasteiger charge is -2.09. The van der Waals surface area contributed by atoms with Crippen molar-refractivity contribution in [2.45, 2.75) is 13.8 Å². The second-order valence-corrected chi connectivity index (χ2v) is 3.11. The molecule has 0 aromatic rings. The Labute approximate surface area is 74.0 Å². The van der Waals surface area contributed by atoms with Crippen molar-refractivity contribution in [2.24, 2.45) is 11.7 Å². The van der Waals surface area contributed by atoms with Crippen molar-refractivity contribution in [1.82, 2.24) is 0 Å². The number of rotatable bonds is 1. The van der Waals surface area contributed by atoms with Gasteiger partial charge in [-0.1, -0.05) is 37.3 Å². The smallest absolute Gasteiger partial charge is 0.00489 e. The average molecular weight is 161 g/mol. The summed E-state index contributed by atoms with van der Waals surface area (Å²) in [7, 11) is 0. The summed E-state index contributed by atoms with van der Waals surface area (Å²) in [6.07, 6.45) is 12.4. The Morgan fingerprint density at radius 3 is 2.83 bits per heavy atom. The molecule has 0 aromatic carbocycles. The summed E-state index contributed by atoms with van der Waals surface area (Å²) in [5.74, 6) is 0.505. The van der Waals surface area contributed by atoms with Crippen LogP contribution in [0.25, 0.3) is 0 Å². The fraction of sp³-hybridized carbons (Fsp3) is 0.273. The van der Waals surface area contributed by atoms with Gasteiger partial charge in [0.1, 0.15) is 0 Å². The maximum atomic E-state index is 5.53. The van der Waals surface area contributed by atoms with Gasteiger partial charge in [0, 0.05) is 5.70 Å². The standard InChI is InChI=1S/C11H15N/c1-9-5-3-4-6-11(9)8-7-10(2)12/h3-9H,12H2,1-2H3/b10-7+,11-8-. The quantitative estimate of drug-likeness (QED) is 0.628. The highest BCUT2D eigenvalue weighted by molar-refractivity contribution is 5.35. The molecule has 0 fully saturated rings. The Bertz CT molecular complexity index is 263. The first-order chi connectivity index (χ1) is 5.70. The van der Waals surface area contributed by atoms with Crippen molar-refractivity contribution >= 4 is 0 Å². The van der Waals surface area contributed by atoms with E-state index in [0.717, 1.165) is 5.70 Å². The van der Waals surface area contributed by atoms with Crippen molar-refractivity contribution < 1.29 is 0 Å². The van der Waals surface area contributed by atoms with Gasteiger partial charge in [0.15, 0.2) is 0 Å². The van der Waals surface area contributed by atoms with E-state index in [4.69, 9.17) is 5.73 Å². The molecule has 0 amide bonds. The molecule has 0 bridgehead atoms. The van der Waals surface area contributed by atoms with Gasteiger partial charge in [-0.15, -0.1) is 0 Å². The van der Waals surface area contributed by atoms with Crippen molar-refractivity contribution in [3.63, 3.8) is 0 Å². The van der Waals surface area contributed by atoms with Gasteiger partial charge in [-0.2, -0.15) is 0 Å². The molecular weight excluding hydrogens is 146 g/mol. The summed E-state index contributed by atoms with van der Waals surface area (Å²) in [6.45, 7) is 4.07. The molecule has 0 aliphatic heterocycles. The van der Waals surface area contributed by atoms with E-state index in [2.05, 4.69) is 31.2 Å². The summed E-state index contributed by atoms with van der Waals surface area (Å²) in [6, 6.07) is 0. The van der Waals surface area contributed by atoms with Crippen molar-refractivity contribution in [1.29, 1.82) is 0 Å². The zero-order valence-corrected chi connectivity index (χ0v) is 7.62. The molecule has 1 unspecified atom stereocenters. The monoisotopic (exact) mass is 161 g/mol. The summed E-state index contributed by atoms with van der Waals surface area (Å²) in [5, 5.41) is 0. The molecule has 12 heavy (non-hydrogen) atoms. The Hall–Kier alpha value is -1.24. The van der Waals surface area contributed by atoms with Crippen LogP contribution in [0.3, 0.4) is 0 Å². The SMILES string of the molecule is C/C(N)=C\C=C1\C=CC=CC1C.